The third kappa shape index (κ3) is 4.60. The number of halogens is 2. The Hall–Kier alpha value is -0.0600. The largest absolute Gasteiger partial charge is 0.495 e. The summed E-state index contributed by atoms with van der Waals surface area (Å²) < 4.78 is 7.46. The van der Waals surface area contributed by atoms with E-state index in [0.717, 1.165) is 26.8 Å². The van der Waals surface area contributed by atoms with Gasteiger partial charge in [0.05, 0.1) is 11.6 Å². The van der Waals surface area contributed by atoms with E-state index in [4.69, 9.17) is 4.74 Å². The predicted molar refractivity (Wildman–Crippen MR) is 79.6 cm³/mol. The fraction of sp³-hybridized carbons (Fsp3) is 0.538. The molecule has 1 rings (SSSR count). The first-order chi connectivity index (χ1) is 8.08. The Morgan fingerprint density at radius 3 is 2.65 bits per heavy atom. The first-order valence-corrected chi connectivity index (χ1v) is 7.42. The Labute approximate surface area is 120 Å². The molecule has 0 fully saturated rings. The van der Waals surface area contributed by atoms with Crippen LogP contribution in [0.15, 0.2) is 21.1 Å². The molecular formula is C13H19Br2NO. The molecule has 1 atom stereocenters. The molecule has 0 aliphatic carbocycles. The van der Waals surface area contributed by atoms with Gasteiger partial charge in [-0.25, -0.2) is 0 Å². The second-order valence-electron chi connectivity index (χ2n) is 4.15. The zero-order chi connectivity index (χ0) is 12.8. The monoisotopic (exact) mass is 363 g/mol. The summed E-state index contributed by atoms with van der Waals surface area (Å²) in [6, 6.07) is 4.62. The molecule has 0 saturated carbocycles. The number of rotatable bonds is 6. The molecule has 0 heterocycles. The Bertz CT molecular complexity index is 369. The Kier molecular flexibility index (Phi) is 6.52. The summed E-state index contributed by atoms with van der Waals surface area (Å²) in [6.45, 7) is 5.24. The maximum atomic E-state index is 5.42. The molecule has 0 spiro atoms. The minimum atomic E-state index is 0.530. The molecule has 0 amide bonds. The fourth-order valence-corrected chi connectivity index (χ4v) is 3.27. The SMILES string of the molecule is CCCC(C)NCc1cc(Br)cc(Br)c1OC. The van der Waals surface area contributed by atoms with Crippen LogP contribution < -0.4 is 10.1 Å². The van der Waals surface area contributed by atoms with E-state index in [9.17, 15) is 0 Å². The molecule has 0 radical (unpaired) electrons. The summed E-state index contributed by atoms with van der Waals surface area (Å²) >= 11 is 7.01. The van der Waals surface area contributed by atoms with Gasteiger partial charge in [-0.05, 0) is 41.4 Å². The van der Waals surface area contributed by atoms with E-state index < -0.39 is 0 Å². The van der Waals surface area contributed by atoms with Crippen molar-refractivity contribution in [3.05, 3.63) is 26.6 Å². The Morgan fingerprint density at radius 1 is 1.35 bits per heavy atom. The molecule has 96 valence electrons. The number of methoxy groups -OCH3 is 1. The maximum absolute atomic E-state index is 5.42. The molecule has 0 aliphatic heterocycles. The second-order valence-corrected chi connectivity index (χ2v) is 5.92. The van der Waals surface area contributed by atoms with Gasteiger partial charge in [-0.3, -0.25) is 0 Å². The standard InChI is InChI=1S/C13H19Br2NO/c1-4-5-9(2)16-8-10-6-11(14)7-12(15)13(10)17-3/h6-7,9,16H,4-5,8H2,1-3H3. The lowest BCUT2D eigenvalue weighted by atomic mass is 10.1. The van der Waals surface area contributed by atoms with Crippen LogP contribution in [-0.2, 0) is 6.54 Å². The van der Waals surface area contributed by atoms with E-state index in [2.05, 4.69) is 57.1 Å². The predicted octanol–water partition coefficient (Wildman–Crippen LogP) is 4.50. The molecule has 1 aromatic rings. The van der Waals surface area contributed by atoms with Gasteiger partial charge in [-0.1, -0.05) is 29.3 Å². The average Bonchev–Trinajstić information content (AvgIpc) is 2.26. The van der Waals surface area contributed by atoms with E-state index in [1.165, 1.54) is 12.8 Å². The highest BCUT2D eigenvalue weighted by Crippen LogP contribution is 2.32. The van der Waals surface area contributed by atoms with Gasteiger partial charge in [0.1, 0.15) is 5.75 Å². The van der Waals surface area contributed by atoms with Gasteiger partial charge < -0.3 is 10.1 Å². The van der Waals surface area contributed by atoms with E-state index in [1.807, 2.05) is 6.07 Å². The Morgan fingerprint density at radius 2 is 2.06 bits per heavy atom. The molecular weight excluding hydrogens is 346 g/mol. The summed E-state index contributed by atoms with van der Waals surface area (Å²) in [6.07, 6.45) is 2.39. The highest BCUT2D eigenvalue weighted by Gasteiger charge is 2.10. The zero-order valence-electron chi connectivity index (χ0n) is 10.5. The van der Waals surface area contributed by atoms with Crippen molar-refractivity contribution in [3.8, 4) is 5.75 Å². The van der Waals surface area contributed by atoms with Crippen molar-refractivity contribution in [3.63, 3.8) is 0 Å². The van der Waals surface area contributed by atoms with Crippen LogP contribution in [0.25, 0.3) is 0 Å². The molecule has 1 aromatic carbocycles. The van der Waals surface area contributed by atoms with Gasteiger partial charge in [0.25, 0.3) is 0 Å². The molecule has 0 bridgehead atoms. The van der Waals surface area contributed by atoms with E-state index in [0.29, 0.717) is 6.04 Å². The Balaban J connectivity index is 2.75. The molecule has 0 aliphatic rings. The minimum absolute atomic E-state index is 0.530. The van der Waals surface area contributed by atoms with Crippen LogP contribution in [0.4, 0.5) is 0 Å². The first kappa shape index (κ1) is 15.0. The lowest BCUT2D eigenvalue weighted by Gasteiger charge is -2.16. The topological polar surface area (TPSA) is 21.3 Å². The van der Waals surface area contributed by atoms with E-state index in [1.54, 1.807) is 7.11 Å². The number of hydrogen-bond donors (Lipinski definition) is 1. The van der Waals surface area contributed by atoms with Crippen LogP contribution in [0.3, 0.4) is 0 Å². The summed E-state index contributed by atoms with van der Waals surface area (Å²) in [5, 5.41) is 3.51. The normalized spacial score (nSPS) is 12.5. The zero-order valence-corrected chi connectivity index (χ0v) is 13.7. The van der Waals surface area contributed by atoms with Crippen LogP contribution in [0, 0.1) is 0 Å². The molecule has 1 N–H and O–H groups in total. The van der Waals surface area contributed by atoms with Crippen molar-refractivity contribution < 1.29 is 4.74 Å². The highest BCUT2D eigenvalue weighted by atomic mass is 79.9. The van der Waals surface area contributed by atoms with Crippen LogP contribution in [0.5, 0.6) is 5.75 Å². The van der Waals surface area contributed by atoms with Gasteiger partial charge >= 0.3 is 0 Å². The smallest absolute Gasteiger partial charge is 0.137 e. The number of nitrogens with one attached hydrogen (secondary N) is 1. The minimum Gasteiger partial charge on any atom is -0.495 e. The maximum Gasteiger partial charge on any atom is 0.137 e. The lowest BCUT2D eigenvalue weighted by Crippen LogP contribution is -2.25. The van der Waals surface area contributed by atoms with Crippen LogP contribution in [-0.4, -0.2) is 13.2 Å². The van der Waals surface area contributed by atoms with Gasteiger partial charge in [0, 0.05) is 22.6 Å². The van der Waals surface area contributed by atoms with Gasteiger partial charge in [-0.2, -0.15) is 0 Å². The third-order valence-electron chi connectivity index (χ3n) is 2.65. The highest BCUT2D eigenvalue weighted by molar-refractivity contribution is 9.11. The summed E-state index contributed by atoms with van der Waals surface area (Å²) in [7, 11) is 1.70. The number of ether oxygens (including phenoxy) is 1. The van der Waals surface area contributed by atoms with Crippen molar-refractivity contribution in [1.29, 1.82) is 0 Å². The van der Waals surface area contributed by atoms with Crippen LogP contribution >= 0.6 is 31.9 Å². The molecule has 0 saturated heterocycles. The first-order valence-electron chi connectivity index (χ1n) is 5.83. The quantitative estimate of drug-likeness (QED) is 0.802. The van der Waals surface area contributed by atoms with Crippen molar-refractivity contribution in [2.75, 3.05) is 7.11 Å². The van der Waals surface area contributed by atoms with Crippen molar-refractivity contribution in [1.82, 2.24) is 5.32 Å². The third-order valence-corrected chi connectivity index (χ3v) is 3.70. The van der Waals surface area contributed by atoms with Gasteiger partial charge in [0.2, 0.25) is 0 Å². The second kappa shape index (κ2) is 7.39. The summed E-state index contributed by atoms with van der Waals surface area (Å²) in [5.41, 5.74) is 1.16. The summed E-state index contributed by atoms with van der Waals surface area (Å²) in [5.74, 6) is 0.907. The average molecular weight is 365 g/mol. The molecule has 17 heavy (non-hydrogen) atoms. The molecule has 1 unspecified atom stereocenters. The van der Waals surface area contributed by atoms with Crippen LogP contribution in [0.1, 0.15) is 32.3 Å². The van der Waals surface area contributed by atoms with Crippen molar-refractivity contribution in [2.45, 2.75) is 39.3 Å². The van der Waals surface area contributed by atoms with Crippen molar-refractivity contribution in [2.24, 2.45) is 0 Å². The van der Waals surface area contributed by atoms with Gasteiger partial charge in [-0.15, -0.1) is 0 Å². The number of hydrogen-bond acceptors (Lipinski definition) is 2. The fourth-order valence-electron chi connectivity index (χ4n) is 1.79. The van der Waals surface area contributed by atoms with Gasteiger partial charge in [0.15, 0.2) is 0 Å². The van der Waals surface area contributed by atoms with E-state index >= 15 is 0 Å². The summed E-state index contributed by atoms with van der Waals surface area (Å²) in [4.78, 5) is 0. The number of benzene rings is 1. The van der Waals surface area contributed by atoms with E-state index in [-0.39, 0.29) is 0 Å². The lowest BCUT2D eigenvalue weighted by molar-refractivity contribution is 0.402. The van der Waals surface area contributed by atoms with Crippen LogP contribution in [0.2, 0.25) is 0 Å². The molecule has 0 aromatic heterocycles. The molecule has 4 heteroatoms. The molecule has 2 nitrogen and oxygen atoms in total. The van der Waals surface area contributed by atoms with Crippen molar-refractivity contribution >= 4 is 31.9 Å².